The van der Waals surface area contributed by atoms with Crippen LogP contribution in [-0.2, 0) is 4.79 Å². The number of alkyl halides is 1. The van der Waals surface area contributed by atoms with Crippen molar-refractivity contribution in [1.82, 2.24) is 0 Å². The van der Waals surface area contributed by atoms with Crippen LogP contribution in [0.3, 0.4) is 0 Å². The van der Waals surface area contributed by atoms with Crippen LogP contribution in [0.15, 0.2) is 60.2 Å². The second-order valence-corrected chi connectivity index (χ2v) is 6.28. The van der Waals surface area contributed by atoms with E-state index in [1.807, 2.05) is 48.5 Å². The predicted octanol–water partition coefficient (Wildman–Crippen LogP) is 4.83. The van der Waals surface area contributed by atoms with E-state index in [0.29, 0.717) is 0 Å². The summed E-state index contributed by atoms with van der Waals surface area (Å²) in [4.78, 5) is 12.6. The highest BCUT2D eigenvalue weighted by molar-refractivity contribution is 6.34. The van der Waals surface area contributed by atoms with Crippen molar-refractivity contribution >= 4 is 23.5 Å². The van der Waals surface area contributed by atoms with Crippen molar-refractivity contribution in [2.45, 2.75) is 24.1 Å². The van der Waals surface area contributed by atoms with Crippen molar-refractivity contribution in [3.63, 3.8) is 0 Å². The maximum atomic E-state index is 12.6. The zero-order valence-corrected chi connectivity index (χ0v) is 13.8. The molecule has 0 amide bonds. The second kappa shape index (κ2) is 7.01. The summed E-state index contributed by atoms with van der Waals surface area (Å²) >= 11 is 6.22. The molecule has 1 aliphatic rings. The molecule has 0 heterocycles. The van der Waals surface area contributed by atoms with Crippen molar-refractivity contribution in [1.29, 1.82) is 0 Å². The minimum absolute atomic E-state index is 0.0367. The zero-order valence-electron chi connectivity index (χ0n) is 13.0. The minimum atomic E-state index is -0.424. The molecule has 1 aliphatic carbocycles. The molecule has 0 N–H and O–H groups in total. The fourth-order valence-corrected chi connectivity index (χ4v) is 3.32. The van der Waals surface area contributed by atoms with Gasteiger partial charge in [0.1, 0.15) is 5.75 Å². The van der Waals surface area contributed by atoms with Crippen molar-refractivity contribution in [3.8, 4) is 5.75 Å². The number of Topliss-reactive ketones (excluding diaryl/α,β-unsaturated/α-hetero) is 1. The molecule has 0 spiro atoms. The fourth-order valence-electron chi connectivity index (χ4n) is 3.07. The normalized spacial score (nSPS) is 23.0. The predicted molar refractivity (Wildman–Crippen MR) is 94.0 cm³/mol. The molecule has 0 bridgehead atoms. The average molecular weight is 327 g/mol. The van der Waals surface area contributed by atoms with E-state index in [9.17, 15) is 4.79 Å². The zero-order chi connectivity index (χ0) is 16.2. The Morgan fingerprint density at radius 1 is 1.09 bits per heavy atom. The number of ketones is 1. The highest BCUT2D eigenvalue weighted by Crippen LogP contribution is 2.38. The van der Waals surface area contributed by atoms with Gasteiger partial charge in [0.15, 0.2) is 5.78 Å². The Bertz CT molecular complexity index is 721. The van der Waals surface area contributed by atoms with E-state index < -0.39 is 5.38 Å². The molecule has 0 aliphatic heterocycles. The smallest absolute Gasteiger partial charge is 0.177 e. The summed E-state index contributed by atoms with van der Waals surface area (Å²) in [6, 6.07) is 17.9. The summed E-state index contributed by atoms with van der Waals surface area (Å²) in [5.41, 5.74) is 2.91. The van der Waals surface area contributed by atoms with Crippen LogP contribution in [0.4, 0.5) is 0 Å². The third-order valence-corrected chi connectivity index (χ3v) is 4.69. The molecule has 3 heteroatoms. The first-order chi connectivity index (χ1) is 11.2. The third kappa shape index (κ3) is 3.48. The van der Waals surface area contributed by atoms with Gasteiger partial charge in [0.05, 0.1) is 12.5 Å². The number of allylic oxidation sites excluding steroid dienone is 1. The standard InChI is InChI=1S/C20H19ClO2/c1-23-16-9-5-6-14(12-16)13-18-17(10-11-19(21)20(18)22)15-7-3-2-4-8-15/h2-9,12-13,17,19H,10-11H2,1H3. The topological polar surface area (TPSA) is 26.3 Å². The van der Waals surface area contributed by atoms with Gasteiger partial charge < -0.3 is 4.74 Å². The lowest BCUT2D eigenvalue weighted by molar-refractivity contribution is -0.116. The summed E-state index contributed by atoms with van der Waals surface area (Å²) in [7, 11) is 1.64. The molecule has 2 aromatic rings. The average Bonchev–Trinajstić information content (AvgIpc) is 2.60. The van der Waals surface area contributed by atoms with E-state index in [1.54, 1.807) is 7.11 Å². The van der Waals surface area contributed by atoms with Gasteiger partial charge in [0.25, 0.3) is 0 Å². The maximum Gasteiger partial charge on any atom is 0.177 e. The first kappa shape index (κ1) is 15.8. The molecule has 2 aromatic carbocycles. The highest BCUT2D eigenvalue weighted by atomic mass is 35.5. The molecule has 23 heavy (non-hydrogen) atoms. The number of ether oxygens (including phenoxy) is 1. The van der Waals surface area contributed by atoms with Crippen LogP contribution in [0.1, 0.15) is 29.9 Å². The molecule has 0 aromatic heterocycles. The van der Waals surface area contributed by atoms with Gasteiger partial charge in [0, 0.05) is 11.5 Å². The number of rotatable bonds is 3. The number of halogens is 1. The summed E-state index contributed by atoms with van der Waals surface area (Å²) < 4.78 is 5.26. The molecule has 2 atom stereocenters. The number of carbonyl (C=O) groups excluding carboxylic acids is 1. The first-order valence-electron chi connectivity index (χ1n) is 7.78. The van der Waals surface area contributed by atoms with Crippen LogP contribution >= 0.6 is 11.6 Å². The maximum absolute atomic E-state index is 12.6. The first-order valence-corrected chi connectivity index (χ1v) is 8.21. The molecule has 0 saturated heterocycles. The fraction of sp³-hybridized carbons (Fsp3) is 0.250. The Hall–Kier alpha value is -2.06. The minimum Gasteiger partial charge on any atom is -0.497 e. The SMILES string of the molecule is COc1cccc(C=C2C(=O)C(Cl)CCC2c2ccccc2)c1. The molecule has 118 valence electrons. The summed E-state index contributed by atoms with van der Waals surface area (Å²) in [5, 5.41) is -0.424. The lowest BCUT2D eigenvalue weighted by Gasteiger charge is -2.27. The van der Waals surface area contributed by atoms with Gasteiger partial charge in [-0.25, -0.2) is 0 Å². The van der Waals surface area contributed by atoms with Crippen LogP contribution in [0, 0.1) is 0 Å². The Morgan fingerprint density at radius 3 is 2.61 bits per heavy atom. The van der Waals surface area contributed by atoms with Crippen LogP contribution in [0.2, 0.25) is 0 Å². The summed E-state index contributed by atoms with van der Waals surface area (Å²) in [6.07, 6.45) is 3.56. The van der Waals surface area contributed by atoms with Gasteiger partial charge >= 0.3 is 0 Å². The van der Waals surface area contributed by atoms with E-state index in [0.717, 1.165) is 29.7 Å². The van der Waals surface area contributed by atoms with E-state index in [1.165, 1.54) is 5.56 Å². The van der Waals surface area contributed by atoms with Crippen LogP contribution in [-0.4, -0.2) is 18.3 Å². The number of benzene rings is 2. The van der Waals surface area contributed by atoms with Crippen LogP contribution in [0.25, 0.3) is 6.08 Å². The molecule has 1 saturated carbocycles. The molecular weight excluding hydrogens is 308 g/mol. The van der Waals surface area contributed by atoms with Crippen molar-refractivity contribution in [3.05, 3.63) is 71.3 Å². The molecular formula is C20H19ClO2. The van der Waals surface area contributed by atoms with Crippen LogP contribution < -0.4 is 4.74 Å². The van der Waals surface area contributed by atoms with Gasteiger partial charge in [-0.15, -0.1) is 11.6 Å². The molecule has 0 radical (unpaired) electrons. The van der Waals surface area contributed by atoms with Gasteiger partial charge in [-0.1, -0.05) is 42.5 Å². The largest absolute Gasteiger partial charge is 0.497 e. The lowest BCUT2D eigenvalue weighted by atomic mass is 9.78. The van der Waals surface area contributed by atoms with Crippen molar-refractivity contribution in [2.75, 3.05) is 7.11 Å². The van der Waals surface area contributed by atoms with Crippen molar-refractivity contribution in [2.24, 2.45) is 0 Å². The number of hydrogen-bond acceptors (Lipinski definition) is 2. The second-order valence-electron chi connectivity index (χ2n) is 5.75. The number of hydrogen-bond donors (Lipinski definition) is 0. The summed E-state index contributed by atoms with van der Waals surface area (Å²) in [6.45, 7) is 0. The quantitative estimate of drug-likeness (QED) is 0.596. The van der Waals surface area contributed by atoms with Gasteiger partial charge in [-0.05, 0) is 42.2 Å². The van der Waals surface area contributed by atoms with Crippen LogP contribution in [0.5, 0.6) is 5.75 Å². The monoisotopic (exact) mass is 326 g/mol. The summed E-state index contributed by atoms with van der Waals surface area (Å²) in [5.74, 6) is 0.917. The van der Waals surface area contributed by atoms with E-state index in [2.05, 4.69) is 12.1 Å². The molecule has 1 fully saturated rings. The molecule has 2 unspecified atom stereocenters. The number of methoxy groups -OCH3 is 1. The van der Waals surface area contributed by atoms with Gasteiger partial charge in [-0.2, -0.15) is 0 Å². The van der Waals surface area contributed by atoms with E-state index in [-0.39, 0.29) is 11.7 Å². The lowest BCUT2D eigenvalue weighted by Crippen LogP contribution is -2.27. The highest BCUT2D eigenvalue weighted by Gasteiger charge is 2.32. The number of carbonyl (C=O) groups is 1. The molecule has 3 rings (SSSR count). The van der Waals surface area contributed by atoms with Gasteiger partial charge in [0.2, 0.25) is 0 Å². The van der Waals surface area contributed by atoms with Gasteiger partial charge in [-0.3, -0.25) is 4.79 Å². The molecule has 2 nitrogen and oxygen atoms in total. The Labute approximate surface area is 141 Å². The Balaban J connectivity index is 2.02. The Kier molecular flexibility index (Phi) is 4.82. The Morgan fingerprint density at radius 2 is 1.87 bits per heavy atom. The van der Waals surface area contributed by atoms with Crippen molar-refractivity contribution < 1.29 is 9.53 Å². The van der Waals surface area contributed by atoms with E-state index >= 15 is 0 Å². The third-order valence-electron chi connectivity index (χ3n) is 4.27. The van der Waals surface area contributed by atoms with E-state index in [4.69, 9.17) is 16.3 Å².